The number of imidazole rings is 1. The standard InChI is InChI=1S/C35H36N8/c1-3-4-14-37-24(2)41-17-19-42(20-18-41)29-21-28(22-29)35-40-32(33-34(36)38-15-16-43(33)35)27-11-10-26-12-13-30(39-31(26)23-27)25-8-6-5-7-9-25/h3-16,23,28-29H,2,17-22H2,1H3,(H2,36,38)/b4-3-,37-14?. The van der Waals surface area contributed by atoms with Crippen molar-refractivity contribution in [3.05, 3.63) is 103 Å². The lowest BCUT2D eigenvalue weighted by molar-refractivity contribution is 0.0607. The Balaban J connectivity index is 1.11. The largest absolute Gasteiger partial charge is 0.382 e. The molecule has 0 atom stereocenters. The van der Waals surface area contributed by atoms with Gasteiger partial charge in [-0.15, -0.1) is 0 Å². The Bertz CT molecular complexity index is 1840. The lowest BCUT2D eigenvalue weighted by Crippen LogP contribution is -2.53. The number of nitrogens with two attached hydrogens (primary N) is 1. The first-order valence-corrected chi connectivity index (χ1v) is 15.0. The number of rotatable bonds is 7. The van der Waals surface area contributed by atoms with E-state index in [1.165, 1.54) is 0 Å². The Labute approximate surface area is 251 Å². The van der Waals surface area contributed by atoms with Gasteiger partial charge in [-0.1, -0.05) is 61.2 Å². The number of allylic oxidation sites excluding steroid dienone is 2. The maximum atomic E-state index is 6.48. The summed E-state index contributed by atoms with van der Waals surface area (Å²) in [5.41, 5.74) is 12.2. The van der Waals surface area contributed by atoms with Crippen LogP contribution < -0.4 is 5.73 Å². The average Bonchev–Trinajstić information content (AvgIpc) is 3.41. The molecule has 1 aliphatic heterocycles. The van der Waals surface area contributed by atoms with Crippen molar-refractivity contribution in [3.63, 3.8) is 0 Å². The number of nitrogen functional groups attached to an aromatic ring is 1. The molecule has 0 radical (unpaired) electrons. The van der Waals surface area contributed by atoms with Gasteiger partial charge in [-0.3, -0.25) is 9.30 Å². The maximum absolute atomic E-state index is 6.48. The fraction of sp³-hybridized carbons (Fsp3) is 0.257. The molecule has 0 spiro atoms. The van der Waals surface area contributed by atoms with Crippen LogP contribution in [0.1, 0.15) is 31.5 Å². The Kier molecular flexibility index (Phi) is 7.20. The minimum atomic E-state index is 0.370. The summed E-state index contributed by atoms with van der Waals surface area (Å²) in [6.45, 7) is 10.1. The topological polar surface area (TPSA) is 87.9 Å². The molecule has 7 rings (SSSR count). The average molecular weight is 569 g/mol. The molecule has 1 saturated heterocycles. The van der Waals surface area contributed by atoms with Gasteiger partial charge < -0.3 is 10.6 Å². The molecule has 8 heteroatoms. The first kappa shape index (κ1) is 27.0. The van der Waals surface area contributed by atoms with E-state index < -0.39 is 0 Å². The van der Waals surface area contributed by atoms with Crippen LogP contribution in [0.15, 0.2) is 103 Å². The van der Waals surface area contributed by atoms with Crippen LogP contribution in [0.3, 0.4) is 0 Å². The predicted octanol–water partition coefficient (Wildman–Crippen LogP) is 6.18. The van der Waals surface area contributed by atoms with Gasteiger partial charge in [-0.05, 0) is 38.0 Å². The van der Waals surface area contributed by atoms with E-state index >= 15 is 0 Å². The van der Waals surface area contributed by atoms with Gasteiger partial charge >= 0.3 is 0 Å². The quantitative estimate of drug-likeness (QED) is 0.236. The first-order valence-electron chi connectivity index (χ1n) is 15.0. The lowest BCUT2D eigenvalue weighted by Gasteiger charge is -2.46. The van der Waals surface area contributed by atoms with Crippen molar-refractivity contribution >= 4 is 28.5 Å². The molecule has 216 valence electrons. The minimum absolute atomic E-state index is 0.370. The Morgan fingerprint density at radius 3 is 2.56 bits per heavy atom. The maximum Gasteiger partial charge on any atom is 0.150 e. The van der Waals surface area contributed by atoms with Crippen LogP contribution in [0.5, 0.6) is 0 Å². The van der Waals surface area contributed by atoms with E-state index in [0.717, 1.165) is 89.6 Å². The van der Waals surface area contributed by atoms with Crippen molar-refractivity contribution in [1.29, 1.82) is 0 Å². The number of piperazine rings is 1. The van der Waals surface area contributed by atoms with E-state index in [2.05, 4.69) is 73.2 Å². The fourth-order valence-electron chi connectivity index (χ4n) is 6.35. The predicted molar refractivity (Wildman–Crippen MR) is 175 cm³/mol. The van der Waals surface area contributed by atoms with Crippen LogP contribution in [0.25, 0.3) is 38.9 Å². The molecule has 0 amide bonds. The normalized spacial score (nSPS) is 19.5. The third-order valence-corrected chi connectivity index (χ3v) is 8.82. The number of hydrogen-bond acceptors (Lipinski definition) is 7. The number of hydrogen-bond donors (Lipinski definition) is 1. The summed E-state index contributed by atoms with van der Waals surface area (Å²) in [7, 11) is 0. The third-order valence-electron chi connectivity index (χ3n) is 8.82. The number of nitrogens with zero attached hydrogens (tertiary/aromatic N) is 7. The fourth-order valence-corrected chi connectivity index (χ4v) is 6.35. The lowest BCUT2D eigenvalue weighted by atomic mass is 9.78. The molecular formula is C35H36N8. The molecule has 2 fully saturated rings. The van der Waals surface area contributed by atoms with Gasteiger partial charge in [0.05, 0.1) is 11.2 Å². The van der Waals surface area contributed by atoms with Crippen molar-refractivity contribution < 1.29 is 0 Å². The minimum Gasteiger partial charge on any atom is -0.382 e. The molecule has 2 N–H and O–H groups in total. The molecular weight excluding hydrogens is 532 g/mol. The van der Waals surface area contributed by atoms with Crippen LogP contribution >= 0.6 is 0 Å². The van der Waals surface area contributed by atoms with Gasteiger partial charge in [0.1, 0.15) is 28.7 Å². The molecule has 8 nitrogen and oxygen atoms in total. The van der Waals surface area contributed by atoms with E-state index in [4.69, 9.17) is 15.7 Å². The summed E-state index contributed by atoms with van der Waals surface area (Å²) in [5, 5.41) is 1.09. The van der Waals surface area contributed by atoms with Gasteiger partial charge in [0.15, 0.2) is 0 Å². The highest BCUT2D eigenvalue weighted by Gasteiger charge is 2.38. The molecule has 4 heterocycles. The van der Waals surface area contributed by atoms with Gasteiger partial charge in [0.2, 0.25) is 0 Å². The smallest absolute Gasteiger partial charge is 0.150 e. The molecule has 3 aromatic heterocycles. The number of aromatic nitrogens is 4. The summed E-state index contributed by atoms with van der Waals surface area (Å²) in [6.07, 6.45) is 11.7. The first-order chi connectivity index (χ1) is 21.1. The molecule has 43 heavy (non-hydrogen) atoms. The van der Waals surface area contributed by atoms with Crippen LogP contribution in [-0.4, -0.2) is 67.6 Å². The highest BCUT2D eigenvalue weighted by atomic mass is 15.3. The van der Waals surface area contributed by atoms with Crippen LogP contribution in [0.2, 0.25) is 0 Å². The zero-order valence-electron chi connectivity index (χ0n) is 24.5. The Morgan fingerprint density at radius 2 is 1.77 bits per heavy atom. The van der Waals surface area contributed by atoms with Gasteiger partial charge in [-0.25, -0.2) is 19.9 Å². The second-order valence-electron chi connectivity index (χ2n) is 11.4. The van der Waals surface area contributed by atoms with E-state index in [1.54, 1.807) is 6.20 Å². The number of benzene rings is 2. The van der Waals surface area contributed by atoms with Crippen LogP contribution in [-0.2, 0) is 0 Å². The molecule has 0 unspecified atom stereocenters. The van der Waals surface area contributed by atoms with E-state index in [0.29, 0.717) is 17.8 Å². The third kappa shape index (κ3) is 5.19. The second kappa shape index (κ2) is 11.5. The summed E-state index contributed by atoms with van der Waals surface area (Å²) < 4.78 is 2.15. The molecule has 1 aliphatic carbocycles. The SMILES string of the molecule is C=C(N=C/C=C\C)N1CCN(C2CC(c3nc(-c4ccc5ccc(-c6ccccc6)nc5c4)c4c(N)nccn34)C2)CC1. The molecule has 5 aromatic rings. The number of fused-ring (bicyclic) bond motifs is 2. The monoisotopic (exact) mass is 568 g/mol. The molecule has 2 aliphatic rings. The van der Waals surface area contributed by atoms with E-state index in [1.807, 2.05) is 49.7 Å². The number of aliphatic imine (C=N–C) groups is 1. The Morgan fingerprint density at radius 1 is 0.977 bits per heavy atom. The highest BCUT2D eigenvalue weighted by molar-refractivity contribution is 5.91. The van der Waals surface area contributed by atoms with Crippen LogP contribution in [0.4, 0.5) is 5.82 Å². The van der Waals surface area contributed by atoms with Crippen LogP contribution in [0, 0.1) is 0 Å². The zero-order chi connectivity index (χ0) is 29.3. The number of anilines is 1. The molecule has 0 bridgehead atoms. The van der Waals surface area contributed by atoms with E-state index in [-0.39, 0.29) is 0 Å². The van der Waals surface area contributed by atoms with Crippen molar-refractivity contribution in [3.8, 4) is 22.5 Å². The summed E-state index contributed by atoms with van der Waals surface area (Å²) in [6, 6.07) is 21.4. The Hall–Kier alpha value is -4.82. The second-order valence-corrected chi connectivity index (χ2v) is 11.4. The van der Waals surface area contributed by atoms with Crippen molar-refractivity contribution in [2.24, 2.45) is 4.99 Å². The highest BCUT2D eigenvalue weighted by Crippen LogP contribution is 2.42. The van der Waals surface area contributed by atoms with Gasteiger partial charge in [0.25, 0.3) is 0 Å². The van der Waals surface area contributed by atoms with Crippen molar-refractivity contribution in [1.82, 2.24) is 29.2 Å². The summed E-state index contributed by atoms with van der Waals surface area (Å²) in [4.78, 5) is 24.0. The molecule has 2 aromatic carbocycles. The summed E-state index contributed by atoms with van der Waals surface area (Å²) in [5.74, 6) is 2.76. The number of pyridine rings is 1. The molecule has 1 saturated carbocycles. The van der Waals surface area contributed by atoms with Crippen molar-refractivity contribution in [2.45, 2.75) is 31.7 Å². The summed E-state index contributed by atoms with van der Waals surface area (Å²) >= 11 is 0. The zero-order valence-corrected chi connectivity index (χ0v) is 24.5. The van der Waals surface area contributed by atoms with Gasteiger partial charge in [0, 0.05) is 73.3 Å². The van der Waals surface area contributed by atoms with Gasteiger partial charge in [-0.2, -0.15) is 0 Å². The van der Waals surface area contributed by atoms with E-state index in [9.17, 15) is 0 Å². The van der Waals surface area contributed by atoms with Crippen molar-refractivity contribution in [2.75, 3.05) is 31.9 Å².